The lowest BCUT2D eigenvalue weighted by molar-refractivity contribution is -0.120. The van der Waals surface area contributed by atoms with Crippen molar-refractivity contribution in [1.29, 1.82) is 0 Å². The van der Waals surface area contributed by atoms with Gasteiger partial charge in [0.05, 0.1) is 19.8 Å². The Hall–Kier alpha value is -1.83. The molecule has 8 heteroatoms. The van der Waals surface area contributed by atoms with Crippen LogP contribution in [0.3, 0.4) is 0 Å². The highest BCUT2D eigenvalue weighted by Crippen LogP contribution is 2.14. The fraction of sp³-hybridized carbons (Fsp3) is 0.467. The van der Waals surface area contributed by atoms with Crippen molar-refractivity contribution in [3.63, 3.8) is 0 Å². The van der Waals surface area contributed by atoms with Gasteiger partial charge in [-0.2, -0.15) is 0 Å². The molecule has 0 atom stereocenters. The number of hydrogen-bond acceptors (Lipinski definition) is 4. The van der Waals surface area contributed by atoms with E-state index in [1.54, 1.807) is 24.3 Å². The molecule has 126 valence electrons. The normalized spacial score (nSPS) is 15.0. The molecule has 0 aliphatic carbocycles. The van der Waals surface area contributed by atoms with Crippen LogP contribution >= 0.6 is 11.6 Å². The molecule has 1 aliphatic rings. The highest BCUT2D eigenvalue weighted by molar-refractivity contribution is 6.30. The van der Waals surface area contributed by atoms with Gasteiger partial charge >= 0.3 is 6.03 Å². The van der Waals surface area contributed by atoms with E-state index >= 15 is 0 Å². The average Bonchev–Trinajstić information content (AvgIpc) is 2.54. The molecule has 1 heterocycles. The highest BCUT2D eigenvalue weighted by atomic mass is 35.5. The van der Waals surface area contributed by atoms with E-state index in [9.17, 15) is 9.59 Å². The maximum atomic E-state index is 11.7. The number of carbonyl (C=O) groups is 2. The predicted molar refractivity (Wildman–Crippen MR) is 88.7 cm³/mol. The van der Waals surface area contributed by atoms with Crippen molar-refractivity contribution in [3.05, 3.63) is 29.3 Å². The SMILES string of the molecule is O=C(CNC(=O)Nc1cccc(Cl)c1)NCCN1CCOCC1. The molecular formula is C15H21ClN4O3. The second-order valence-corrected chi connectivity index (χ2v) is 5.56. The molecule has 1 saturated heterocycles. The van der Waals surface area contributed by atoms with Gasteiger partial charge in [0.15, 0.2) is 0 Å². The first-order valence-corrected chi connectivity index (χ1v) is 7.88. The maximum Gasteiger partial charge on any atom is 0.319 e. The van der Waals surface area contributed by atoms with Gasteiger partial charge in [0, 0.05) is 36.9 Å². The topological polar surface area (TPSA) is 82.7 Å². The number of benzene rings is 1. The zero-order chi connectivity index (χ0) is 16.5. The van der Waals surface area contributed by atoms with E-state index in [1.165, 1.54) is 0 Å². The summed E-state index contributed by atoms with van der Waals surface area (Å²) in [4.78, 5) is 25.6. The van der Waals surface area contributed by atoms with Crippen LogP contribution in [-0.4, -0.2) is 62.8 Å². The number of nitrogens with zero attached hydrogens (tertiary/aromatic N) is 1. The fourth-order valence-corrected chi connectivity index (χ4v) is 2.33. The van der Waals surface area contributed by atoms with E-state index in [0.29, 0.717) is 17.3 Å². The number of urea groups is 1. The minimum Gasteiger partial charge on any atom is -0.379 e. The Bertz CT molecular complexity index is 535. The molecule has 3 amide bonds. The quantitative estimate of drug-likeness (QED) is 0.719. The summed E-state index contributed by atoms with van der Waals surface area (Å²) in [7, 11) is 0. The number of halogens is 1. The van der Waals surface area contributed by atoms with Crippen molar-refractivity contribution < 1.29 is 14.3 Å². The van der Waals surface area contributed by atoms with Crippen LogP contribution in [0.2, 0.25) is 5.02 Å². The summed E-state index contributed by atoms with van der Waals surface area (Å²) in [6.45, 7) is 4.50. The Morgan fingerprint density at radius 1 is 1.22 bits per heavy atom. The molecule has 0 radical (unpaired) electrons. The van der Waals surface area contributed by atoms with Crippen LogP contribution in [0, 0.1) is 0 Å². The lowest BCUT2D eigenvalue weighted by Crippen LogP contribution is -2.44. The molecule has 3 N–H and O–H groups in total. The molecule has 0 aromatic heterocycles. The number of ether oxygens (including phenoxy) is 1. The second-order valence-electron chi connectivity index (χ2n) is 5.12. The van der Waals surface area contributed by atoms with Gasteiger partial charge < -0.3 is 20.7 Å². The maximum absolute atomic E-state index is 11.7. The molecule has 7 nitrogen and oxygen atoms in total. The van der Waals surface area contributed by atoms with Crippen LogP contribution in [0.4, 0.5) is 10.5 Å². The van der Waals surface area contributed by atoms with Crippen molar-refractivity contribution in [3.8, 4) is 0 Å². The van der Waals surface area contributed by atoms with Gasteiger partial charge in [0.25, 0.3) is 0 Å². The number of rotatable bonds is 6. The molecule has 1 aliphatic heterocycles. The molecule has 0 bridgehead atoms. The average molecular weight is 341 g/mol. The molecule has 0 spiro atoms. The van der Waals surface area contributed by atoms with E-state index in [2.05, 4.69) is 20.9 Å². The monoisotopic (exact) mass is 340 g/mol. The lowest BCUT2D eigenvalue weighted by Gasteiger charge is -2.26. The van der Waals surface area contributed by atoms with Crippen LogP contribution in [0.5, 0.6) is 0 Å². The van der Waals surface area contributed by atoms with Crippen LogP contribution in [0.1, 0.15) is 0 Å². The summed E-state index contributed by atoms with van der Waals surface area (Å²) < 4.78 is 5.26. The fourth-order valence-electron chi connectivity index (χ4n) is 2.14. The Balaban J connectivity index is 1.59. The third-order valence-corrected chi connectivity index (χ3v) is 3.58. The van der Waals surface area contributed by atoms with Gasteiger partial charge in [-0.25, -0.2) is 4.79 Å². The molecule has 1 fully saturated rings. The first-order valence-electron chi connectivity index (χ1n) is 7.51. The van der Waals surface area contributed by atoms with E-state index < -0.39 is 6.03 Å². The standard InChI is InChI=1S/C15H21ClN4O3/c16-12-2-1-3-13(10-12)19-15(22)18-11-14(21)17-4-5-20-6-8-23-9-7-20/h1-3,10H,4-9,11H2,(H,17,21)(H2,18,19,22). The number of nitrogens with one attached hydrogen (secondary N) is 3. The zero-order valence-electron chi connectivity index (χ0n) is 12.8. The molecule has 0 unspecified atom stereocenters. The van der Waals surface area contributed by atoms with E-state index in [0.717, 1.165) is 32.8 Å². The van der Waals surface area contributed by atoms with Gasteiger partial charge in [-0.3, -0.25) is 9.69 Å². The summed E-state index contributed by atoms with van der Waals surface area (Å²) in [5, 5.41) is 8.41. The lowest BCUT2D eigenvalue weighted by atomic mass is 10.3. The van der Waals surface area contributed by atoms with Crippen molar-refractivity contribution >= 4 is 29.2 Å². The zero-order valence-corrected chi connectivity index (χ0v) is 13.6. The number of carbonyl (C=O) groups excluding carboxylic acids is 2. The van der Waals surface area contributed by atoms with Gasteiger partial charge in [0.1, 0.15) is 0 Å². The van der Waals surface area contributed by atoms with E-state index in [1.807, 2.05) is 0 Å². The second kappa shape index (κ2) is 9.34. The van der Waals surface area contributed by atoms with Crippen molar-refractivity contribution in [1.82, 2.24) is 15.5 Å². The number of amides is 3. The first kappa shape index (κ1) is 17.5. The molecule has 2 rings (SSSR count). The third kappa shape index (κ3) is 6.85. The summed E-state index contributed by atoms with van der Waals surface area (Å²) in [5.74, 6) is -0.223. The first-order chi connectivity index (χ1) is 11.1. The Morgan fingerprint density at radius 3 is 2.74 bits per heavy atom. The van der Waals surface area contributed by atoms with Gasteiger partial charge in [0.2, 0.25) is 5.91 Å². The molecule has 0 saturated carbocycles. The summed E-state index contributed by atoms with van der Waals surface area (Å²) in [6, 6.07) is 6.34. The number of anilines is 1. The van der Waals surface area contributed by atoms with E-state index in [-0.39, 0.29) is 12.5 Å². The largest absolute Gasteiger partial charge is 0.379 e. The number of morpholine rings is 1. The van der Waals surface area contributed by atoms with Crippen molar-refractivity contribution in [2.24, 2.45) is 0 Å². The Labute approximate surface area is 140 Å². The minimum absolute atomic E-state index is 0.0739. The third-order valence-electron chi connectivity index (χ3n) is 3.35. The predicted octanol–water partition coefficient (Wildman–Crippen LogP) is 0.910. The molecule has 23 heavy (non-hydrogen) atoms. The summed E-state index contributed by atoms with van der Waals surface area (Å²) >= 11 is 5.83. The number of hydrogen-bond donors (Lipinski definition) is 3. The van der Waals surface area contributed by atoms with Gasteiger partial charge in [-0.05, 0) is 18.2 Å². The Kier molecular flexibility index (Phi) is 7.12. The summed E-state index contributed by atoms with van der Waals surface area (Å²) in [5.41, 5.74) is 0.572. The van der Waals surface area contributed by atoms with Crippen LogP contribution in [0.25, 0.3) is 0 Å². The molecule has 1 aromatic carbocycles. The van der Waals surface area contributed by atoms with Gasteiger partial charge in [-0.15, -0.1) is 0 Å². The van der Waals surface area contributed by atoms with E-state index in [4.69, 9.17) is 16.3 Å². The Morgan fingerprint density at radius 2 is 2.00 bits per heavy atom. The van der Waals surface area contributed by atoms with Gasteiger partial charge in [-0.1, -0.05) is 17.7 Å². The van der Waals surface area contributed by atoms with Crippen LogP contribution in [-0.2, 0) is 9.53 Å². The highest BCUT2D eigenvalue weighted by Gasteiger charge is 2.10. The molecule has 1 aromatic rings. The minimum atomic E-state index is -0.449. The molecular weight excluding hydrogens is 320 g/mol. The smallest absolute Gasteiger partial charge is 0.319 e. The summed E-state index contributed by atoms with van der Waals surface area (Å²) in [6.07, 6.45) is 0. The van der Waals surface area contributed by atoms with Crippen LogP contribution in [0.15, 0.2) is 24.3 Å². The van der Waals surface area contributed by atoms with Crippen molar-refractivity contribution in [2.45, 2.75) is 0 Å². The van der Waals surface area contributed by atoms with Crippen LogP contribution < -0.4 is 16.0 Å². The van der Waals surface area contributed by atoms with Crippen molar-refractivity contribution in [2.75, 3.05) is 51.3 Å².